The summed E-state index contributed by atoms with van der Waals surface area (Å²) in [7, 11) is 3.20. The van der Waals surface area contributed by atoms with E-state index in [2.05, 4.69) is 0 Å². The Morgan fingerprint density at radius 3 is 2.38 bits per heavy atom. The van der Waals surface area contributed by atoms with Crippen molar-refractivity contribution in [1.29, 1.82) is 0 Å². The first-order valence-electron chi connectivity index (χ1n) is 7.27. The molecule has 0 aromatic heterocycles. The fraction of sp³-hybridized carbons (Fsp3) is 0.857. The zero-order valence-corrected chi connectivity index (χ0v) is 13.1. The second-order valence-electron chi connectivity index (χ2n) is 5.37. The van der Waals surface area contributed by atoms with Gasteiger partial charge in [-0.2, -0.15) is 0 Å². The molecule has 2 amide bonds. The molecule has 1 fully saturated rings. The lowest BCUT2D eigenvalue weighted by Gasteiger charge is -2.37. The number of aliphatic carboxylic acids is 1. The number of urea groups is 1. The summed E-state index contributed by atoms with van der Waals surface area (Å²) in [6, 6.07) is -0.115. The predicted octanol–water partition coefficient (Wildman–Crippen LogP) is 0.886. The van der Waals surface area contributed by atoms with Gasteiger partial charge in [0.25, 0.3) is 0 Å². The van der Waals surface area contributed by atoms with E-state index >= 15 is 0 Å². The average molecular weight is 302 g/mol. The Bertz CT molecular complexity index is 342. The lowest BCUT2D eigenvalue weighted by molar-refractivity contribution is -0.143. The molecule has 1 aliphatic rings. The minimum Gasteiger partial charge on any atom is -0.481 e. The lowest BCUT2D eigenvalue weighted by atomic mass is 9.97. The van der Waals surface area contributed by atoms with Crippen LogP contribution in [0.3, 0.4) is 0 Å². The summed E-state index contributed by atoms with van der Waals surface area (Å²) in [6.07, 6.45) is 1.02. The summed E-state index contributed by atoms with van der Waals surface area (Å²) in [6.45, 7) is 4.32. The van der Waals surface area contributed by atoms with E-state index in [1.165, 1.54) is 0 Å². The molecule has 1 aliphatic heterocycles. The van der Waals surface area contributed by atoms with Crippen molar-refractivity contribution in [2.24, 2.45) is 5.92 Å². The predicted molar refractivity (Wildman–Crippen MR) is 77.2 cm³/mol. The third-order valence-electron chi connectivity index (χ3n) is 3.84. The molecule has 0 aliphatic carbocycles. The number of carbonyl (C=O) groups excluding carboxylic acids is 1. The van der Waals surface area contributed by atoms with E-state index < -0.39 is 5.97 Å². The fourth-order valence-electron chi connectivity index (χ4n) is 2.52. The van der Waals surface area contributed by atoms with Crippen LogP contribution in [-0.2, 0) is 14.3 Å². The highest BCUT2D eigenvalue weighted by molar-refractivity contribution is 5.76. The van der Waals surface area contributed by atoms with Gasteiger partial charge in [-0.05, 0) is 19.8 Å². The fourth-order valence-corrected chi connectivity index (χ4v) is 2.52. The van der Waals surface area contributed by atoms with Gasteiger partial charge in [0.05, 0.1) is 25.2 Å². The van der Waals surface area contributed by atoms with Crippen LogP contribution in [0.2, 0.25) is 0 Å². The smallest absolute Gasteiger partial charge is 0.320 e. The molecule has 0 aromatic rings. The number of ether oxygens (including phenoxy) is 2. The van der Waals surface area contributed by atoms with Gasteiger partial charge in [-0.1, -0.05) is 0 Å². The van der Waals surface area contributed by atoms with Gasteiger partial charge in [-0.15, -0.1) is 0 Å². The normalized spacial score (nSPS) is 17.6. The first-order valence-corrected chi connectivity index (χ1v) is 7.27. The Balaban J connectivity index is 2.61. The first-order chi connectivity index (χ1) is 10.0. The Morgan fingerprint density at radius 1 is 1.29 bits per heavy atom. The van der Waals surface area contributed by atoms with Crippen LogP contribution < -0.4 is 0 Å². The molecule has 0 spiro atoms. The number of amides is 2. The van der Waals surface area contributed by atoms with Gasteiger partial charge in [-0.3, -0.25) is 4.79 Å². The number of carboxylic acid groups (broad SMARTS) is 1. The third-order valence-corrected chi connectivity index (χ3v) is 3.84. The molecule has 122 valence electrons. The van der Waals surface area contributed by atoms with Gasteiger partial charge >= 0.3 is 12.0 Å². The Kier molecular flexibility index (Phi) is 7.45. The van der Waals surface area contributed by atoms with E-state index in [1.807, 2.05) is 6.92 Å². The Labute approximate surface area is 125 Å². The molecule has 7 heteroatoms. The maximum atomic E-state index is 12.6. The van der Waals surface area contributed by atoms with Crippen molar-refractivity contribution in [3.63, 3.8) is 0 Å². The third kappa shape index (κ3) is 5.17. The number of methoxy groups -OCH3 is 2. The maximum absolute atomic E-state index is 12.6. The van der Waals surface area contributed by atoms with Crippen molar-refractivity contribution in [1.82, 2.24) is 9.80 Å². The minimum atomic E-state index is -0.772. The van der Waals surface area contributed by atoms with Crippen molar-refractivity contribution in [3.8, 4) is 0 Å². The van der Waals surface area contributed by atoms with Crippen LogP contribution in [0.15, 0.2) is 0 Å². The highest BCUT2D eigenvalue weighted by Crippen LogP contribution is 2.19. The van der Waals surface area contributed by atoms with Crippen LogP contribution in [0.4, 0.5) is 4.79 Å². The lowest BCUT2D eigenvalue weighted by Crippen LogP contribution is -2.52. The highest BCUT2D eigenvalue weighted by Gasteiger charge is 2.30. The molecule has 1 atom stereocenters. The number of hydrogen-bond donors (Lipinski definition) is 1. The van der Waals surface area contributed by atoms with Crippen molar-refractivity contribution in [2.75, 3.05) is 47.1 Å². The summed E-state index contributed by atoms with van der Waals surface area (Å²) >= 11 is 0. The van der Waals surface area contributed by atoms with E-state index in [4.69, 9.17) is 14.6 Å². The van der Waals surface area contributed by atoms with Gasteiger partial charge in [0.15, 0.2) is 0 Å². The molecule has 0 saturated carbocycles. The standard InChI is InChI=1S/C14H26N2O5/c1-11(10-21-3)16(8-9-20-2)14(19)15-6-4-12(5-7-15)13(17)18/h11-12H,4-10H2,1-3H3,(H,17,18). The SMILES string of the molecule is COCCN(C(=O)N1CCC(C(=O)O)CC1)C(C)COC. The molecule has 7 nitrogen and oxygen atoms in total. The van der Waals surface area contributed by atoms with Gasteiger partial charge in [0.1, 0.15) is 0 Å². The van der Waals surface area contributed by atoms with Gasteiger partial charge in [0, 0.05) is 33.9 Å². The molecule has 1 heterocycles. The van der Waals surface area contributed by atoms with Crippen molar-refractivity contribution in [3.05, 3.63) is 0 Å². The molecule has 0 radical (unpaired) electrons. The number of likely N-dealkylation sites (tertiary alicyclic amines) is 1. The highest BCUT2D eigenvalue weighted by atomic mass is 16.5. The summed E-state index contributed by atoms with van der Waals surface area (Å²) in [4.78, 5) is 27.0. The zero-order valence-electron chi connectivity index (χ0n) is 13.1. The van der Waals surface area contributed by atoms with Gasteiger partial charge < -0.3 is 24.4 Å². The van der Waals surface area contributed by atoms with Crippen LogP contribution in [0, 0.1) is 5.92 Å². The molecule has 0 aromatic carbocycles. The summed E-state index contributed by atoms with van der Waals surface area (Å²) in [5, 5.41) is 9.00. The van der Waals surface area contributed by atoms with Gasteiger partial charge in [0.2, 0.25) is 0 Å². The van der Waals surface area contributed by atoms with Crippen molar-refractivity contribution >= 4 is 12.0 Å². The number of rotatable bonds is 7. The summed E-state index contributed by atoms with van der Waals surface area (Å²) in [5.74, 6) is -1.11. The molecular weight excluding hydrogens is 276 g/mol. The zero-order chi connectivity index (χ0) is 15.8. The quantitative estimate of drug-likeness (QED) is 0.755. The summed E-state index contributed by atoms with van der Waals surface area (Å²) in [5.41, 5.74) is 0. The van der Waals surface area contributed by atoms with Crippen molar-refractivity contribution < 1.29 is 24.2 Å². The van der Waals surface area contributed by atoms with E-state index in [9.17, 15) is 9.59 Å². The van der Waals surface area contributed by atoms with E-state index in [1.54, 1.807) is 24.0 Å². The monoisotopic (exact) mass is 302 g/mol. The number of hydrogen-bond acceptors (Lipinski definition) is 4. The Morgan fingerprint density at radius 2 is 1.90 bits per heavy atom. The topological polar surface area (TPSA) is 79.3 Å². The van der Waals surface area contributed by atoms with Gasteiger partial charge in [-0.25, -0.2) is 4.79 Å². The van der Waals surface area contributed by atoms with Crippen LogP contribution in [0.1, 0.15) is 19.8 Å². The molecule has 1 rings (SSSR count). The average Bonchev–Trinajstić information content (AvgIpc) is 2.47. The molecule has 1 unspecified atom stereocenters. The Hall–Kier alpha value is -1.34. The van der Waals surface area contributed by atoms with Crippen LogP contribution >= 0.6 is 0 Å². The van der Waals surface area contributed by atoms with E-state index in [0.717, 1.165) is 0 Å². The number of carboxylic acids is 1. The number of nitrogens with zero attached hydrogens (tertiary/aromatic N) is 2. The summed E-state index contributed by atoms with van der Waals surface area (Å²) < 4.78 is 10.2. The maximum Gasteiger partial charge on any atom is 0.320 e. The number of carbonyl (C=O) groups is 2. The van der Waals surface area contributed by atoms with Crippen LogP contribution in [0.25, 0.3) is 0 Å². The van der Waals surface area contributed by atoms with E-state index in [-0.39, 0.29) is 18.0 Å². The molecule has 1 saturated heterocycles. The molecule has 21 heavy (non-hydrogen) atoms. The molecular formula is C14H26N2O5. The van der Waals surface area contributed by atoms with Crippen molar-refractivity contribution in [2.45, 2.75) is 25.8 Å². The first kappa shape index (κ1) is 17.7. The molecule has 0 bridgehead atoms. The second-order valence-corrected chi connectivity index (χ2v) is 5.37. The molecule has 1 N–H and O–H groups in total. The largest absolute Gasteiger partial charge is 0.481 e. The van der Waals surface area contributed by atoms with Crippen LogP contribution in [-0.4, -0.2) is 80.0 Å². The van der Waals surface area contributed by atoms with Crippen LogP contribution in [0.5, 0.6) is 0 Å². The van der Waals surface area contributed by atoms with E-state index in [0.29, 0.717) is 45.7 Å². The second kappa shape index (κ2) is 8.84. The minimum absolute atomic E-state index is 0.0464. The number of piperidine rings is 1.